The molecule has 4 rings (SSSR count). The number of ketones is 1. The minimum Gasteiger partial charge on any atom is -0.386 e. The minimum absolute atomic E-state index is 0.00520. The summed E-state index contributed by atoms with van der Waals surface area (Å²) < 4.78 is 40.1. The van der Waals surface area contributed by atoms with Crippen molar-refractivity contribution in [3.63, 3.8) is 0 Å². The van der Waals surface area contributed by atoms with E-state index in [1.807, 2.05) is 0 Å². The van der Waals surface area contributed by atoms with Gasteiger partial charge in [0.2, 0.25) is 0 Å². The molecule has 2 aromatic rings. The molecule has 1 aromatic heterocycles. The molecule has 1 saturated heterocycles. The van der Waals surface area contributed by atoms with Crippen molar-refractivity contribution in [3.05, 3.63) is 63.7 Å². The lowest BCUT2D eigenvalue weighted by Crippen LogP contribution is -2.55. The van der Waals surface area contributed by atoms with Gasteiger partial charge >= 0.3 is 0 Å². The van der Waals surface area contributed by atoms with Crippen molar-refractivity contribution >= 4 is 33.1 Å². The Bertz CT molecular complexity index is 1250. The van der Waals surface area contributed by atoms with Gasteiger partial charge in [-0.05, 0) is 62.9 Å². The van der Waals surface area contributed by atoms with Crippen LogP contribution in [0.25, 0.3) is 0 Å². The maximum Gasteiger partial charge on any atom is 0.185 e. The van der Waals surface area contributed by atoms with Gasteiger partial charge in [0.1, 0.15) is 27.6 Å². The average Bonchev–Trinajstić information content (AvgIpc) is 2.86. The molecule has 31 heavy (non-hydrogen) atoms. The summed E-state index contributed by atoms with van der Waals surface area (Å²) in [6.45, 7) is 4.92. The van der Waals surface area contributed by atoms with Gasteiger partial charge in [-0.25, -0.2) is 12.8 Å². The Labute approximate surface area is 185 Å². The highest BCUT2D eigenvalue weighted by Crippen LogP contribution is 2.51. The molecule has 0 aliphatic carbocycles. The number of sulfone groups is 1. The van der Waals surface area contributed by atoms with Crippen LogP contribution in [0.3, 0.4) is 0 Å². The van der Waals surface area contributed by atoms with Crippen LogP contribution in [0.1, 0.15) is 53.9 Å². The lowest BCUT2D eigenvalue weighted by Gasteiger charge is -2.39. The number of aryl methyl sites for hydroxylation is 1. The Hall–Kier alpha value is -2.32. The molecule has 2 aliphatic rings. The lowest BCUT2D eigenvalue weighted by molar-refractivity contribution is 0.0987. The maximum atomic E-state index is 14.9. The second-order valence-corrected chi connectivity index (χ2v) is 11.7. The molecule has 0 saturated carbocycles. The fraction of sp³-hybridized carbons (Fsp3) is 0.409. The monoisotopic (exact) mass is 463 g/mol. The summed E-state index contributed by atoms with van der Waals surface area (Å²) in [5.41, 5.74) is 6.32. The van der Waals surface area contributed by atoms with E-state index < -0.39 is 31.2 Å². The Morgan fingerprint density at radius 3 is 2.71 bits per heavy atom. The summed E-state index contributed by atoms with van der Waals surface area (Å²) in [5, 5.41) is -0.443. The van der Waals surface area contributed by atoms with Crippen LogP contribution in [0.2, 0.25) is 5.02 Å². The van der Waals surface area contributed by atoms with E-state index in [0.717, 1.165) is 0 Å². The number of Topliss-reactive ketones (excluding diaryl/α,β-unsaturated/α-hetero) is 1. The second kappa shape index (κ2) is 7.10. The van der Waals surface area contributed by atoms with Crippen molar-refractivity contribution in [3.8, 4) is 0 Å². The van der Waals surface area contributed by atoms with Crippen molar-refractivity contribution in [2.45, 2.75) is 55.6 Å². The van der Waals surface area contributed by atoms with Crippen LogP contribution in [0, 0.1) is 12.7 Å². The molecule has 1 aromatic carbocycles. The number of carbonyl (C=O) groups excluding carboxylic acids is 1. The number of benzene rings is 1. The molecule has 0 radical (unpaired) electrons. The lowest BCUT2D eigenvalue weighted by atomic mass is 9.85. The largest absolute Gasteiger partial charge is 0.386 e. The van der Waals surface area contributed by atoms with Crippen LogP contribution in [0.15, 0.2) is 35.5 Å². The first kappa shape index (κ1) is 21.9. The average molecular weight is 464 g/mol. The first-order chi connectivity index (χ1) is 14.4. The highest BCUT2D eigenvalue weighted by atomic mass is 35.5. The molecule has 164 valence electrons. The first-order valence-electron chi connectivity index (χ1n) is 9.93. The third kappa shape index (κ3) is 3.19. The van der Waals surface area contributed by atoms with Gasteiger partial charge < -0.3 is 5.73 Å². The second-order valence-electron chi connectivity index (χ2n) is 8.68. The van der Waals surface area contributed by atoms with Crippen LogP contribution in [0.4, 0.5) is 4.39 Å². The molecule has 9 heteroatoms. The number of amidine groups is 1. The molecule has 0 amide bonds. The number of rotatable bonds is 4. The summed E-state index contributed by atoms with van der Waals surface area (Å²) in [7, 11) is -3.65. The van der Waals surface area contributed by atoms with E-state index in [1.165, 1.54) is 24.4 Å². The standard InChI is InChI=1S/C22H23ClFN3O3S/c1-12-8-14(23)11-26-19(12)17(28)10-13-4-5-16(24)15(9-13)22(3)18-6-7-21(2,20(25)27-22)31(18,29)30/h4-5,8-9,11,18H,6-7,10H2,1-3H3,(H2,25,27)/t18-,21+,22+/m0/s1. The van der Waals surface area contributed by atoms with Gasteiger partial charge in [-0.2, -0.15) is 0 Å². The predicted octanol–water partition coefficient (Wildman–Crippen LogP) is 3.53. The molecular formula is C22H23ClFN3O3S. The summed E-state index contributed by atoms with van der Waals surface area (Å²) in [6, 6.07) is 5.92. The van der Waals surface area contributed by atoms with Crippen molar-refractivity contribution < 1.29 is 17.6 Å². The van der Waals surface area contributed by atoms with E-state index in [-0.39, 0.29) is 29.3 Å². The number of hydrogen-bond acceptors (Lipinski definition) is 6. The predicted molar refractivity (Wildman–Crippen MR) is 118 cm³/mol. The Kier molecular flexibility index (Phi) is 5.01. The maximum absolute atomic E-state index is 14.9. The van der Waals surface area contributed by atoms with E-state index in [0.29, 0.717) is 29.0 Å². The minimum atomic E-state index is -3.65. The highest BCUT2D eigenvalue weighted by molar-refractivity contribution is 7.94. The fourth-order valence-corrected chi connectivity index (χ4v) is 7.51. The first-order valence-corrected chi connectivity index (χ1v) is 11.9. The number of carbonyl (C=O) groups is 1. The number of halogens is 2. The van der Waals surface area contributed by atoms with E-state index in [4.69, 9.17) is 17.3 Å². The van der Waals surface area contributed by atoms with Gasteiger partial charge in [0, 0.05) is 18.2 Å². The van der Waals surface area contributed by atoms with Crippen LogP contribution in [0.5, 0.6) is 0 Å². The molecule has 2 aliphatic heterocycles. The molecule has 0 unspecified atom stereocenters. The fourth-order valence-electron chi connectivity index (χ4n) is 4.72. The zero-order chi connectivity index (χ0) is 22.8. The van der Waals surface area contributed by atoms with Gasteiger partial charge in [-0.1, -0.05) is 17.7 Å². The summed E-state index contributed by atoms with van der Waals surface area (Å²) in [5.74, 6) is -0.822. The van der Waals surface area contributed by atoms with E-state index in [1.54, 1.807) is 26.8 Å². The van der Waals surface area contributed by atoms with Crippen LogP contribution < -0.4 is 5.73 Å². The number of fused-ring (bicyclic) bond motifs is 2. The molecule has 6 nitrogen and oxygen atoms in total. The number of hydrogen-bond donors (Lipinski definition) is 1. The number of pyridine rings is 1. The zero-order valence-electron chi connectivity index (χ0n) is 17.4. The summed E-state index contributed by atoms with van der Waals surface area (Å²) in [6.07, 6.45) is 2.08. The SMILES string of the molecule is Cc1cc(Cl)cnc1C(=O)Cc1ccc(F)c([C@@]2(C)N=C(N)[C@@]3(C)CC[C@@H]2S3(=O)=O)c1. The topological polar surface area (TPSA) is 102 Å². The molecule has 2 bridgehead atoms. The van der Waals surface area contributed by atoms with Crippen LogP contribution in [-0.2, 0) is 21.8 Å². The van der Waals surface area contributed by atoms with Crippen molar-refractivity contribution in [1.29, 1.82) is 0 Å². The Morgan fingerprint density at radius 2 is 2.03 bits per heavy atom. The Morgan fingerprint density at radius 1 is 1.32 bits per heavy atom. The Balaban J connectivity index is 1.75. The molecule has 0 spiro atoms. The van der Waals surface area contributed by atoms with Gasteiger partial charge in [0.15, 0.2) is 15.6 Å². The van der Waals surface area contributed by atoms with E-state index >= 15 is 0 Å². The van der Waals surface area contributed by atoms with Crippen molar-refractivity contribution in [1.82, 2.24) is 4.98 Å². The smallest absolute Gasteiger partial charge is 0.185 e. The normalized spacial score (nSPS) is 28.9. The number of aromatic nitrogens is 1. The summed E-state index contributed by atoms with van der Waals surface area (Å²) >= 11 is 5.91. The van der Waals surface area contributed by atoms with E-state index in [9.17, 15) is 17.6 Å². The molecule has 3 heterocycles. The molecule has 2 N–H and O–H groups in total. The third-order valence-corrected chi connectivity index (χ3v) is 9.98. The van der Waals surface area contributed by atoms with Crippen LogP contribution in [-0.4, -0.2) is 35.0 Å². The van der Waals surface area contributed by atoms with Crippen molar-refractivity contribution in [2.24, 2.45) is 10.7 Å². The number of aliphatic imine (C=N–C) groups is 1. The molecule has 3 atom stereocenters. The van der Waals surface area contributed by atoms with Gasteiger partial charge in [-0.15, -0.1) is 0 Å². The van der Waals surface area contributed by atoms with Gasteiger partial charge in [-0.3, -0.25) is 14.8 Å². The highest BCUT2D eigenvalue weighted by Gasteiger charge is 2.63. The van der Waals surface area contributed by atoms with Gasteiger partial charge in [0.05, 0.1) is 10.3 Å². The summed E-state index contributed by atoms with van der Waals surface area (Å²) in [4.78, 5) is 21.4. The van der Waals surface area contributed by atoms with Gasteiger partial charge in [0.25, 0.3) is 0 Å². The molecular weight excluding hydrogens is 441 g/mol. The molecule has 1 fully saturated rings. The zero-order valence-corrected chi connectivity index (χ0v) is 19.0. The number of nitrogens with two attached hydrogens (primary N) is 1. The van der Waals surface area contributed by atoms with Crippen LogP contribution >= 0.6 is 11.6 Å². The quantitative estimate of drug-likeness (QED) is 0.698. The van der Waals surface area contributed by atoms with E-state index in [2.05, 4.69) is 9.98 Å². The third-order valence-electron chi connectivity index (χ3n) is 6.66. The number of nitrogens with zero attached hydrogens (tertiary/aromatic N) is 2. The van der Waals surface area contributed by atoms with Crippen molar-refractivity contribution in [2.75, 3.05) is 0 Å².